The number of rotatable bonds is 2. The highest BCUT2D eigenvalue weighted by Crippen LogP contribution is 2.34. The van der Waals surface area contributed by atoms with Gasteiger partial charge in [0.05, 0.1) is 12.2 Å². The van der Waals surface area contributed by atoms with E-state index in [-0.39, 0.29) is 0 Å². The van der Waals surface area contributed by atoms with Crippen molar-refractivity contribution in [2.45, 2.75) is 56.4 Å². The standard InChI is InChI=1S/C11H19NO2/c1-2-11-10(7-9(1)14-11)12-8-3-5-13-6-4-8/h8-12H,1-7H2. The third kappa shape index (κ3) is 1.69. The Kier molecular flexibility index (Phi) is 2.48. The van der Waals surface area contributed by atoms with Gasteiger partial charge in [-0.1, -0.05) is 0 Å². The van der Waals surface area contributed by atoms with Gasteiger partial charge in [0.15, 0.2) is 0 Å². The molecule has 3 unspecified atom stereocenters. The molecule has 3 heterocycles. The van der Waals surface area contributed by atoms with Crippen LogP contribution in [-0.4, -0.2) is 37.5 Å². The molecule has 0 saturated carbocycles. The number of ether oxygens (including phenoxy) is 2. The third-order valence-corrected chi connectivity index (χ3v) is 3.78. The first-order valence-corrected chi connectivity index (χ1v) is 5.91. The molecule has 0 radical (unpaired) electrons. The van der Waals surface area contributed by atoms with Crippen LogP contribution in [0.3, 0.4) is 0 Å². The Morgan fingerprint density at radius 1 is 1.00 bits per heavy atom. The van der Waals surface area contributed by atoms with Gasteiger partial charge < -0.3 is 14.8 Å². The van der Waals surface area contributed by atoms with Crippen molar-refractivity contribution in [2.75, 3.05) is 13.2 Å². The predicted molar refractivity (Wildman–Crippen MR) is 53.3 cm³/mol. The van der Waals surface area contributed by atoms with E-state index in [1.165, 1.54) is 32.1 Å². The molecule has 2 bridgehead atoms. The normalized spacial score (nSPS) is 43.3. The second kappa shape index (κ2) is 3.80. The summed E-state index contributed by atoms with van der Waals surface area (Å²) in [5.74, 6) is 0. The minimum atomic E-state index is 0.517. The molecule has 1 N–H and O–H groups in total. The first kappa shape index (κ1) is 9.13. The lowest BCUT2D eigenvalue weighted by molar-refractivity contribution is 0.0659. The van der Waals surface area contributed by atoms with Crippen LogP contribution in [0, 0.1) is 0 Å². The van der Waals surface area contributed by atoms with E-state index in [1.54, 1.807) is 0 Å². The topological polar surface area (TPSA) is 30.5 Å². The van der Waals surface area contributed by atoms with Crippen LogP contribution in [0.4, 0.5) is 0 Å². The second-order valence-corrected chi connectivity index (χ2v) is 4.77. The van der Waals surface area contributed by atoms with Crippen LogP contribution in [0.5, 0.6) is 0 Å². The Hall–Kier alpha value is -0.120. The minimum Gasteiger partial charge on any atom is -0.381 e. The Morgan fingerprint density at radius 3 is 2.50 bits per heavy atom. The molecule has 3 heteroatoms. The van der Waals surface area contributed by atoms with Crippen LogP contribution >= 0.6 is 0 Å². The summed E-state index contributed by atoms with van der Waals surface area (Å²) < 4.78 is 11.2. The molecule has 3 aliphatic heterocycles. The zero-order valence-electron chi connectivity index (χ0n) is 8.58. The highest BCUT2D eigenvalue weighted by Gasteiger charge is 2.41. The zero-order valence-corrected chi connectivity index (χ0v) is 8.58. The van der Waals surface area contributed by atoms with Gasteiger partial charge >= 0.3 is 0 Å². The van der Waals surface area contributed by atoms with E-state index in [2.05, 4.69) is 5.32 Å². The molecule has 3 saturated heterocycles. The average Bonchev–Trinajstić information content (AvgIpc) is 2.81. The number of hydrogen-bond acceptors (Lipinski definition) is 3. The van der Waals surface area contributed by atoms with Crippen molar-refractivity contribution < 1.29 is 9.47 Å². The molecule has 0 aromatic rings. The lowest BCUT2D eigenvalue weighted by atomic mass is 9.94. The van der Waals surface area contributed by atoms with Crippen molar-refractivity contribution in [3.8, 4) is 0 Å². The maximum absolute atomic E-state index is 5.83. The molecule has 0 aromatic carbocycles. The number of hydrogen-bond donors (Lipinski definition) is 1. The molecular weight excluding hydrogens is 178 g/mol. The fraction of sp³-hybridized carbons (Fsp3) is 1.00. The molecule has 3 atom stereocenters. The molecule has 3 nitrogen and oxygen atoms in total. The van der Waals surface area contributed by atoms with Crippen LogP contribution in [0.1, 0.15) is 32.1 Å². The van der Waals surface area contributed by atoms with E-state index in [0.717, 1.165) is 13.2 Å². The first-order valence-electron chi connectivity index (χ1n) is 5.91. The van der Waals surface area contributed by atoms with Crippen molar-refractivity contribution >= 4 is 0 Å². The molecule has 0 aliphatic carbocycles. The summed E-state index contributed by atoms with van der Waals surface area (Å²) in [6.07, 6.45) is 7.23. The zero-order chi connectivity index (χ0) is 9.38. The van der Waals surface area contributed by atoms with E-state index < -0.39 is 0 Å². The summed E-state index contributed by atoms with van der Waals surface area (Å²) in [7, 11) is 0. The van der Waals surface area contributed by atoms with Crippen LogP contribution < -0.4 is 5.32 Å². The highest BCUT2D eigenvalue weighted by atomic mass is 16.5. The van der Waals surface area contributed by atoms with E-state index in [9.17, 15) is 0 Å². The van der Waals surface area contributed by atoms with Gasteiger partial charge in [-0.25, -0.2) is 0 Å². The van der Waals surface area contributed by atoms with Crippen LogP contribution in [0.15, 0.2) is 0 Å². The van der Waals surface area contributed by atoms with Crippen molar-refractivity contribution in [1.29, 1.82) is 0 Å². The Labute approximate surface area is 85.1 Å². The molecule has 14 heavy (non-hydrogen) atoms. The molecular formula is C11H19NO2. The molecule has 3 aliphatic rings. The smallest absolute Gasteiger partial charge is 0.0733 e. The van der Waals surface area contributed by atoms with Crippen molar-refractivity contribution in [2.24, 2.45) is 0 Å². The van der Waals surface area contributed by atoms with Gasteiger partial charge in [-0.15, -0.1) is 0 Å². The summed E-state index contributed by atoms with van der Waals surface area (Å²) >= 11 is 0. The molecule has 3 fully saturated rings. The summed E-state index contributed by atoms with van der Waals surface area (Å²) in [4.78, 5) is 0. The van der Waals surface area contributed by atoms with Gasteiger partial charge in [-0.2, -0.15) is 0 Å². The monoisotopic (exact) mass is 197 g/mol. The van der Waals surface area contributed by atoms with Gasteiger partial charge in [0.2, 0.25) is 0 Å². The molecule has 0 spiro atoms. The van der Waals surface area contributed by atoms with Crippen LogP contribution in [0.2, 0.25) is 0 Å². The summed E-state index contributed by atoms with van der Waals surface area (Å²) in [6.45, 7) is 1.86. The van der Waals surface area contributed by atoms with Gasteiger partial charge in [0.25, 0.3) is 0 Å². The molecule has 0 amide bonds. The second-order valence-electron chi connectivity index (χ2n) is 4.77. The highest BCUT2D eigenvalue weighted by molar-refractivity contribution is 4.95. The largest absolute Gasteiger partial charge is 0.381 e. The Bertz CT molecular complexity index is 203. The lowest BCUT2D eigenvalue weighted by Gasteiger charge is -2.29. The average molecular weight is 197 g/mol. The molecule has 80 valence electrons. The van der Waals surface area contributed by atoms with Crippen molar-refractivity contribution in [3.63, 3.8) is 0 Å². The number of fused-ring (bicyclic) bond motifs is 2. The maximum atomic E-state index is 5.83. The Balaban J connectivity index is 1.52. The fourth-order valence-electron chi connectivity index (χ4n) is 2.98. The minimum absolute atomic E-state index is 0.517. The van der Waals surface area contributed by atoms with E-state index in [1.807, 2.05) is 0 Å². The van der Waals surface area contributed by atoms with E-state index in [0.29, 0.717) is 24.3 Å². The van der Waals surface area contributed by atoms with E-state index in [4.69, 9.17) is 9.47 Å². The van der Waals surface area contributed by atoms with Gasteiger partial charge in [0, 0.05) is 25.3 Å². The summed E-state index contributed by atoms with van der Waals surface area (Å²) in [6, 6.07) is 1.31. The number of nitrogens with one attached hydrogen (secondary N) is 1. The summed E-state index contributed by atoms with van der Waals surface area (Å²) in [5, 5.41) is 3.74. The van der Waals surface area contributed by atoms with E-state index >= 15 is 0 Å². The molecule has 3 rings (SSSR count). The van der Waals surface area contributed by atoms with Crippen molar-refractivity contribution in [1.82, 2.24) is 5.32 Å². The van der Waals surface area contributed by atoms with Gasteiger partial charge in [-0.05, 0) is 32.1 Å². The summed E-state index contributed by atoms with van der Waals surface area (Å²) in [5.41, 5.74) is 0. The van der Waals surface area contributed by atoms with Gasteiger partial charge in [-0.3, -0.25) is 0 Å². The van der Waals surface area contributed by atoms with Crippen molar-refractivity contribution in [3.05, 3.63) is 0 Å². The predicted octanol–water partition coefficient (Wildman–Crippen LogP) is 1.07. The SMILES string of the molecule is C1CC(NC2CC3CCC2O3)CCO1. The quantitative estimate of drug-likeness (QED) is 0.718. The maximum Gasteiger partial charge on any atom is 0.0733 e. The third-order valence-electron chi connectivity index (χ3n) is 3.78. The first-order chi connectivity index (χ1) is 6.92. The lowest BCUT2D eigenvalue weighted by Crippen LogP contribution is -2.46. The fourth-order valence-corrected chi connectivity index (χ4v) is 2.98. The van der Waals surface area contributed by atoms with Crippen LogP contribution in [0.25, 0.3) is 0 Å². The molecule has 0 aromatic heterocycles. The van der Waals surface area contributed by atoms with Gasteiger partial charge in [0.1, 0.15) is 0 Å². The van der Waals surface area contributed by atoms with Crippen LogP contribution in [-0.2, 0) is 9.47 Å². The Morgan fingerprint density at radius 2 is 1.86 bits per heavy atom.